The van der Waals surface area contributed by atoms with Crippen LogP contribution in [0.2, 0.25) is 5.02 Å². The highest BCUT2D eigenvalue weighted by Crippen LogP contribution is 2.29. The van der Waals surface area contributed by atoms with Gasteiger partial charge in [0.25, 0.3) is 0 Å². The quantitative estimate of drug-likeness (QED) is 0.631. The minimum Gasteiger partial charge on any atom is -0.264 e. The number of nitro groups is 1. The van der Waals surface area contributed by atoms with Crippen LogP contribution < -0.4 is 0 Å². The van der Waals surface area contributed by atoms with Gasteiger partial charge in [0.15, 0.2) is 0 Å². The summed E-state index contributed by atoms with van der Waals surface area (Å²) in [5.41, 5.74) is 0.701. The standard InChI is InChI=1S/C12H12ClN3O2/c1-9(16(17)18)12(15-8-4-7-14-15)10-5-2-3-6-11(10)13/h2-9,12H,1H3/t9-,12-/m0/s1. The molecular weight excluding hydrogens is 254 g/mol. The third kappa shape index (κ3) is 2.36. The second kappa shape index (κ2) is 5.18. The van der Waals surface area contributed by atoms with Crippen LogP contribution in [0, 0.1) is 10.1 Å². The zero-order valence-electron chi connectivity index (χ0n) is 9.73. The maximum atomic E-state index is 11.0. The first kappa shape index (κ1) is 12.6. The Morgan fingerprint density at radius 1 is 1.39 bits per heavy atom. The molecule has 0 saturated heterocycles. The van der Waals surface area contributed by atoms with Crippen molar-refractivity contribution in [2.24, 2.45) is 0 Å². The van der Waals surface area contributed by atoms with Crippen LogP contribution in [-0.2, 0) is 0 Å². The predicted octanol–water partition coefficient (Wildman–Crippen LogP) is 2.79. The van der Waals surface area contributed by atoms with Crippen molar-refractivity contribution in [2.75, 3.05) is 0 Å². The average molecular weight is 266 g/mol. The van der Waals surface area contributed by atoms with Crippen LogP contribution in [0.25, 0.3) is 0 Å². The smallest absolute Gasteiger partial charge is 0.236 e. The highest BCUT2D eigenvalue weighted by atomic mass is 35.5. The first-order valence-electron chi connectivity index (χ1n) is 5.48. The summed E-state index contributed by atoms with van der Waals surface area (Å²) in [7, 11) is 0. The molecule has 0 saturated carbocycles. The van der Waals surface area contributed by atoms with Crippen molar-refractivity contribution in [2.45, 2.75) is 19.0 Å². The largest absolute Gasteiger partial charge is 0.264 e. The van der Waals surface area contributed by atoms with E-state index < -0.39 is 12.1 Å². The minimum atomic E-state index is -0.815. The molecule has 0 N–H and O–H groups in total. The summed E-state index contributed by atoms with van der Waals surface area (Å²) < 4.78 is 1.56. The van der Waals surface area contributed by atoms with E-state index in [0.29, 0.717) is 10.6 Å². The molecule has 0 aliphatic rings. The number of aromatic nitrogens is 2. The lowest BCUT2D eigenvalue weighted by atomic mass is 10.0. The van der Waals surface area contributed by atoms with Crippen LogP contribution >= 0.6 is 11.6 Å². The molecule has 0 aliphatic heterocycles. The van der Waals surface area contributed by atoms with Crippen molar-refractivity contribution in [3.8, 4) is 0 Å². The van der Waals surface area contributed by atoms with Gasteiger partial charge in [0.05, 0.1) is 0 Å². The van der Waals surface area contributed by atoms with E-state index >= 15 is 0 Å². The highest BCUT2D eigenvalue weighted by Gasteiger charge is 2.31. The molecule has 0 spiro atoms. The van der Waals surface area contributed by atoms with Crippen molar-refractivity contribution in [3.05, 3.63) is 63.4 Å². The zero-order valence-corrected chi connectivity index (χ0v) is 10.5. The second-order valence-electron chi connectivity index (χ2n) is 3.98. The van der Waals surface area contributed by atoms with Gasteiger partial charge in [0.1, 0.15) is 6.04 Å². The molecule has 0 aliphatic carbocycles. The van der Waals surface area contributed by atoms with Crippen LogP contribution in [0.4, 0.5) is 0 Å². The molecule has 1 aromatic carbocycles. The lowest BCUT2D eigenvalue weighted by Gasteiger charge is -2.20. The van der Waals surface area contributed by atoms with Gasteiger partial charge in [-0.1, -0.05) is 29.8 Å². The summed E-state index contributed by atoms with van der Waals surface area (Å²) in [6, 6.07) is 7.52. The van der Waals surface area contributed by atoms with Crippen LogP contribution in [0.1, 0.15) is 18.5 Å². The normalized spacial score (nSPS) is 14.1. The third-order valence-electron chi connectivity index (χ3n) is 2.82. The Bertz CT molecular complexity index is 542. The fourth-order valence-corrected chi connectivity index (χ4v) is 2.15. The zero-order chi connectivity index (χ0) is 13.1. The van der Waals surface area contributed by atoms with Crippen LogP contribution in [0.5, 0.6) is 0 Å². The van der Waals surface area contributed by atoms with Crippen molar-refractivity contribution >= 4 is 11.6 Å². The van der Waals surface area contributed by atoms with Crippen molar-refractivity contribution in [3.63, 3.8) is 0 Å². The van der Waals surface area contributed by atoms with E-state index in [-0.39, 0.29) is 4.92 Å². The molecule has 2 atom stereocenters. The molecule has 1 aromatic heterocycles. The molecular formula is C12H12ClN3O2. The molecule has 2 aromatic rings. The third-order valence-corrected chi connectivity index (χ3v) is 3.17. The number of nitrogens with zero attached hydrogens (tertiary/aromatic N) is 3. The molecule has 2 rings (SSSR count). The van der Waals surface area contributed by atoms with Gasteiger partial charge in [-0.05, 0) is 12.1 Å². The Hall–Kier alpha value is -1.88. The molecule has 0 unspecified atom stereocenters. The summed E-state index contributed by atoms with van der Waals surface area (Å²) >= 11 is 6.12. The van der Waals surface area contributed by atoms with Gasteiger partial charge in [0, 0.05) is 34.8 Å². The monoisotopic (exact) mass is 265 g/mol. The van der Waals surface area contributed by atoms with E-state index in [1.165, 1.54) is 0 Å². The SMILES string of the molecule is C[C@@H]([C@@H](c1ccccc1Cl)n1cccn1)[N+](=O)[O-]. The number of halogens is 1. The Morgan fingerprint density at radius 3 is 2.67 bits per heavy atom. The van der Waals surface area contributed by atoms with E-state index in [0.717, 1.165) is 0 Å². The second-order valence-corrected chi connectivity index (χ2v) is 4.39. The highest BCUT2D eigenvalue weighted by molar-refractivity contribution is 6.31. The number of hydrogen-bond donors (Lipinski definition) is 0. The van der Waals surface area contributed by atoms with E-state index in [1.807, 2.05) is 6.07 Å². The summed E-state index contributed by atoms with van der Waals surface area (Å²) in [6.07, 6.45) is 3.30. The predicted molar refractivity (Wildman–Crippen MR) is 68.3 cm³/mol. The Morgan fingerprint density at radius 2 is 2.11 bits per heavy atom. The van der Waals surface area contributed by atoms with Crippen molar-refractivity contribution in [1.82, 2.24) is 9.78 Å². The van der Waals surface area contributed by atoms with E-state index in [9.17, 15) is 10.1 Å². The summed E-state index contributed by atoms with van der Waals surface area (Å²) in [6.45, 7) is 1.55. The van der Waals surface area contributed by atoms with Crippen molar-refractivity contribution < 1.29 is 4.92 Å². The van der Waals surface area contributed by atoms with Gasteiger partial charge in [-0.2, -0.15) is 5.10 Å². The van der Waals surface area contributed by atoms with Gasteiger partial charge in [0.2, 0.25) is 6.04 Å². The fourth-order valence-electron chi connectivity index (χ4n) is 1.90. The van der Waals surface area contributed by atoms with Crippen LogP contribution in [-0.4, -0.2) is 20.7 Å². The molecule has 18 heavy (non-hydrogen) atoms. The topological polar surface area (TPSA) is 61.0 Å². The van der Waals surface area contributed by atoms with E-state index in [2.05, 4.69) is 5.10 Å². The van der Waals surface area contributed by atoms with Gasteiger partial charge in [-0.3, -0.25) is 14.8 Å². The first-order chi connectivity index (χ1) is 8.61. The summed E-state index contributed by atoms with van der Waals surface area (Å²) in [5.74, 6) is 0. The van der Waals surface area contributed by atoms with Gasteiger partial charge < -0.3 is 0 Å². The van der Waals surface area contributed by atoms with Gasteiger partial charge in [-0.25, -0.2) is 0 Å². The van der Waals surface area contributed by atoms with Crippen molar-refractivity contribution in [1.29, 1.82) is 0 Å². The maximum absolute atomic E-state index is 11.0. The number of benzene rings is 1. The average Bonchev–Trinajstić information content (AvgIpc) is 2.85. The molecule has 0 amide bonds. The van der Waals surface area contributed by atoms with E-state index in [1.54, 1.807) is 48.3 Å². The lowest BCUT2D eigenvalue weighted by Crippen LogP contribution is -2.30. The Labute approximate surface area is 109 Å². The van der Waals surface area contributed by atoms with E-state index in [4.69, 9.17) is 11.6 Å². The number of hydrogen-bond acceptors (Lipinski definition) is 3. The Balaban J connectivity index is 2.50. The minimum absolute atomic E-state index is 0.324. The van der Waals surface area contributed by atoms with Crippen LogP contribution in [0.3, 0.4) is 0 Å². The van der Waals surface area contributed by atoms with Gasteiger partial charge in [-0.15, -0.1) is 0 Å². The fraction of sp³-hybridized carbons (Fsp3) is 0.250. The molecule has 0 bridgehead atoms. The molecule has 0 fully saturated rings. The number of rotatable bonds is 4. The molecule has 5 nitrogen and oxygen atoms in total. The first-order valence-corrected chi connectivity index (χ1v) is 5.86. The van der Waals surface area contributed by atoms with Crippen LogP contribution in [0.15, 0.2) is 42.7 Å². The summed E-state index contributed by atoms with van der Waals surface area (Å²) in [5, 5.41) is 15.6. The maximum Gasteiger partial charge on any atom is 0.236 e. The lowest BCUT2D eigenvalue weighted by molar-refractivity contribution is -0.523. The van der Waals surface area contributed by atoms with Gasteiger partial charge >= 0.3 is 0 Å². The Kier molecular flexibility index (Phi) is 3.62. The molecule has 94 valence electrons. The molecule has 1 heterocycles. The summed E-state index contributed by atoms with van der Waals surface area (Å²) in [4.78, 5) is 10.7. The molecule has 6 heteroatoms. The molecule has 0 radical (unpaired) electrons.